The zero-order chi connectivity index (χ0) is 18.0. The maximum absolute atomic E-state index is 13.0. The largest absolute Gasteiger partial charge is 0.459 e. The van der Waals surface area contributed by atoms with Crippen LogP contribution in [0.4, 0.5) is 9.39 Å². The summed E-state index contributed by atoms with van der Waals surface area (Å²) in [5, 5.41) is 3.33. The molecule has 1 N–H and O–H groups in total. The first-order valence-corrected chi connectivity index (χ1v) is 9.19. The van der Waals surface area contributed by atoms with Gasteiger partial charge in [0, 0.05) is 10.4 Å². The third-order valence-electron chi connectivity index (χ3n) is 4.05. The molecule has 132 valence electrons. The Kier molecular flexibility index (Phi) is 5.18. The molecule has 0 aliphatic heterocycles. The average molecular weight is 361 g/mol. The summed E-state index contributed by atoms with van der Waals surface area (Å²) in [4.78, 5) is 26.1. The van der Waals surface area contributed by atoms with Crippen molar-refractivity contribution in [2.75, 3.05) is 5.32 Å². The van der Waals surface area contributed by atoms with Crippen LogP contribution in [0.5, 0.6) is 0 Å². The number of ether oxygens (including phenoxy) is 1. The summed E-state index contributed by atoms with van der Waals surface area (Å²) >= 11 is 1.44. The second-order valence-corrected chi connectivity index (χ2v) is 7.44. The fourth-order valence-electron chi connectivity index (χ4n) is 2.92. The van der Waals surface area contributed by atoms with Gasteiger partial charge in [0.05, 0.1) is 11.7 Å². The standard InChI is InChI=1S/C19H20FNO3S/c1-11(2)24-19(23)16-14-5-3-4-6-15(14)25-18(16)21-17(22)12-7-9-13(20)10-8-12/h7-11H,3-6H2,1-2H3,(H,21,22). The van der Waals surface area contributed by atoms with Gasteiger partial charge in [0.25, 0.3) is 5.91 Å². The molecule has 1 heterocycles. The summed E-state index contributed by atoms with van der Waals surface area (Å²) in [7, 11) is 0. The zero-order valence-electron chi connectivity index (χ0n) is 14.2. The number of hydrogen-bond acceptors (Lipinski definition) is 4. The molecule has 1 aliphatic rings. The smallest absolute Gasteiger partial charge is 0.341 e. The minimum absolute atomic E-state index is 0.229. The number of thiophene rings is 1. The van der Waals surface area contributed by atoms with Crippen molar-refractivity contribution >= 4 is 28.2 Å². The van der Waals surface area contributed by atoms with E-state index < -0.39 is 11.8 Å². The van der Waals surface area contributed by atoms with Crippen LogP contribution in [0.2, 0.25) is 0 Å². The lowest BCUT2D eigenvalue weighted by Gasteiger charge is -2.14. The molecule has 3 rings (SSSR count). The maximum Gasteiger partial charge on any atom is 0.341 e. The van der Waals surface area contributed by atoms with Gasteiger partial charge in [0.15, 0.2) is 0 Å². The predicted molar refractivity (Wildman–Crippen MR) is 95.9 cm³/mol. The van der Waals surface area contributed by atoms with Crippen LogP contribution in [0.1, 0.15) is 57.8 Å². The summed E-state index contributed by atoms with van der Waals surface area (Å²) < 4.78 is 18.4. The molecule has 1 aromatic heterocycles. The lowest BCUT2D eigenvalue weighted by Crippen LogP contribution is -2.17. The van der Waals surface area contributed by atoms with E-state index >= 15 is 0 Å². The quantitative estimate of drug-likeness (QED) is 0.811. The molecule has 25 heavy (non-hydrogen) atoms. The molecule has 0 saturated carbocycles. The maximum atomic E-state index is 13.0. The summed E-state index contributed by atoms with van der Waals surface area (Å²) in [6, 6.07) is 5.32. The van der Waals surface area contributed by atoms with Crippen LogP contribution in [0, 0.1) is 5.82 Å². The van der Waals surface area contributed by atoms with Gasteiger partial charge in [-0.05, 0) is 69.4 Å². The van der Waals surface area contributed by atoms with E-state index in [0.717, 1.165) is 36.1 Å². The minimum Gasteiger partial charge on any atom is -0.459 e. The van der Waals surface area contributed by atoms with Crippen LogP contribution in [0.25, 0.3) is 0 Å². The van der Waals surface area contributed by atoms with Crippen LogP contribution in [-0.2, 0) is 17.6 Å². The third kappa shape index (κ3) is 3.90. The van der Waals surface area contributed by atoms with E-state index in [0.29, 0.717) is 16.1 Å². The molecular weight excluding hydrogens is 341 g/mol. The second-order valence-electron chi connectivity index (χ2n) is 6.33. The Morgan fingerprint density at radius 1 is 1.16 bits per heavy atom. The van der Waals surface area contributed by atoms with Crippen LogP contribution in [-0.4, -0.2) is 18.0 Å². The van der Waals surface area contributed by atoms with Crippen LogP contribution < -0.4 is 5.32 Å². The minimum atomic E-state index is -0.399. The van der Waals surface area contributed by atoms with E-state index in [2.05, 4.69) is 5.32 Å². The van der Waals surface area contributed by atoms with E-state index in [-0.39, 0.29) is 12.0 Å². The number of halogens is 1. The monoisotopic (exact) mass is 361 g/mol. The first kappa shape index (κ1) is 17.6. The van der Waals surface area contributed by atoms with Crippen molar-refractivity contribution in [1.29, 1.82) is 0 Å². The number of rotatable bonds is 4. The number of nitrogens with one attached hydrogen (secondary N) is 1. The Balaban J connectivity index is 1.92. The highest BCUT2D eigenvalue weighted by Crippen LogP contribution is 2.39. The Hall–Kier alpha value is -2.21. The van der Waals surface area contributed by atoms with Gasteiger partial charge >= 0.3 is 5.97 Å². The number of benzene rings is 1. The Morgan fingerprint density at radius 3 is 2.52 bits per heavy atom. The first-order valence-electron chi connectivity index (χ1n) is 8.38. The topological polar surface area (TPSA) is 55.4 Å². The van der Waals surface area contributed by atoms with Gasteiger partial charge in [0.1, 0.15) is 10.8 Å². The molecule has 1 aromatic carbocycles. The van der Waals surface area contributed by atoms with Crippen molar-refractivity contribution in [3.8, 4) is 0 Å². The van der Waals surface area contributed by atoms with Gasteiger partial charge in [-0.3, -0.25) is 4.79 Å². The Labute approximate surface area is 150 Å². The molecule has 1 aliphatic carbocycles. The first-order chi connectivity index (χ1) is 12.0. The van der Waals surface area contributed by atoms with Crippen molar-refractivity contribution < 1.29 is 18.7 Å². The van der Waals surface area contributed by atoms with E-state index in [4.69, 9.17) is 4.74 Å². The number of carbonyl (C=O) groups excluding carboxylic acids is 2. The highest BCUT2D eigenvalue weighted by Gasteiger charge is 2.28. The lowest BCUT2D eigenvalue weighted by atomic mass is 9.95. The predicted octanol–water partition coefficient (Wildman–Crippen LogP) is 4.58. The van der Waals surface area contributed by atoms with Gasteiger partial charge in [0.2, 0.25) is 0 Å². The molecule has 0 saturated heterocycles. The third-order valence-corrected chi connectivity index (χ3v) is 5.26. The van der Waals surface area contributed by atoms with E-state index in [1.165, 1.54) is 35.6 Å². The number of hydrogen-bond donors (Lipinski definition) is 1. The number of fused-ring (bicyclic) bond motifs is 1. The summed E-state index contributed by atoms with van der Waals surface area (Å²) in [5.41, 5.74) is 1.82. The summed E-state index contributed by atoms with van der Waals surface area (Å²) in [5.74, 6) is -1.16. The molecule has 0 fully saturated rings. The van der Waals surface area contributed by atoms with Gasteiger partial charge in [-0.25, -0.2) is 9.18 Å². The molecule has 4 nitrogen and oxygen atoms in total. The van der Waals surface area contributed by atoms with E-state index in [1.807, 2.05) is 0 Å². The fourth-order valence-corrected chi connectivity index (χ4v) is 4.19. The highest BCUT2D eigenvalue weighted by molar-refractivity contribution is 7.17. The molecule has 1 amide bonds. The number of carbonyl (C=O) groups is 2. The molecule has 0 atom stereocenters. The Morgan fingerprint density at radius 2 is 1.84 bits per heavy atom. The lowest BCUT2D eigenvalue weighted by molar-refractivity contribution is 0.0378. The fraction of sp³-hybridized carbons (Fsp3) is 0.368. The number of anilines is 1. The normalized spacial score (nSPS) is 13.4. The van der Waals surface area contributed by atoms with Crippen molar-refractivity contribution in [1.82, 2.24) is 0 Å². The molecule has 0 spiro atoms. The molecule has 0 radical (unpaired) electrons. The van der Waals surface area contributed by atoms with Crippen LogP contribution in [0.3, 0.4) is 0 Å². The van der Waals surface area contributed by atoms with Gasteiger partial charge in [-0.2, -0.15) is 0 Å². The number of esters is 1. The van der Waals surface area contributed by atoms with Crippen LogP contribution >= 0.6 is 11.3 Å². The second kappa shape index (κ2) is 7.35. The molecule has 6 heteroatoms. The van der Waals surface area contributed by atoms with Crippen molar-refractivity contribution in [2.45, 2.75) is 45.6 Å². The molecule has 0 bridgehead atoms. The van der Waals surface area contributed by atoms with Gasteiger partial charge < -0.3 is 10.1 Å². The SMILES string of the molecule is CC(C)OC(=O)c1c(NC(=O)c2ccc(F)cc2)sc2c1CCCC2. The van der Waals surface area contributed by atoms with Gasteiger partial charge in [-0.1, -0.05) is 0 Å². The van der Waals surface area contributed by atoms with Crippen molar-refractivity contribution in [3.05, 3.63) is 51.7 Å². The zero-order valence-corrected chi connectivity index (χ0v) is 15.0. The van der Waals surface area contributed by atoms with E-state index in [1.54, 1.807) is 13.8 Å². The number of aryl methyl sites for hydroxylation is 1. The summed E-state index contributed by atoms with van der Waals surface area (Å²) in [6.07, 6.45) is 3.61. The molecule has 2 aromatic rings. The van der Waals surface area contributed by atoms with Crippen molar-refractivity contribution in [2.24, 2.45) is 0 Å². The average Bonchev–Trinajstić information content (AvgIpc) is 2.92. The highest BCUT2D eigenvalue weighted by atomic mass is 32.1. The van der Waals surface area contributed by atoms with Crippen molar-refractivity contribution in [3.63, 3.8) is 0 Å². The Bertz CT molecular complexity index is 796. The molecule has 0 unspecified atom stereocenters. The number of amides is 1. The van der Waals surface area contributed by atoms with Gasteiger partial charge in [-0.15, -0.1) is 11.3 Å². The summed E-state index contributed by atoms with van der Waals surface area (Å²) in [6.45, 7) is 3.60. The van der Waals surface area contributed by atoms with Crippen LogP contribution in [0.15, 0.2) is 24.3 Å². The molecular formula is C19H20FNO3S. The van der Waals surface area contributed by atoms with E-state index in [9.17, 15) is 14.0 Å².